The van der Waals surface area contributed by atoms with Gasteiger partial charge in [-0.05, 0) is 18.9 Å². The fourth-order valence-corrected chi connectivity index (χ4v) is 3.41. The topological polar surface area (TPSA) is 110 Å². The zero-order chi connectivity index (χ0) is 16.7. The van der Waals surface area contributed by atoms with E-state index in [1.54, 1.807) is 19.9 Å². The molecule has 0 aliphatic carbocycles. The third-order valence-corrected chi connectivity index (χ3v) is 4.93. The van der Waals surface area contributed by atoms with E-state index < -0.39 is 40.4 Å². The van der Waals surface area contributed by atoms with Crippen molar-refractivity contribution in [1.82, 2.24) is 0 Å². The van der Waals surface area contributed by atoms with Crippen molar-refractivity contribution in [1.29, 1.82) is 0 Å². The molecule has 2 rings (SSSR count). The number of aliphatic hydroxyl groups excluding tert-OH is 2. The van der Waals surface area contributed by atoms with Crippen LogP contribution in [0.15, 0.2) is 11.6 Å². The largest absolute Gasteiger partial charge is 0.632 e. The first-order valence-electron chi connectivity index (χ1n) is 7.65. The molecule has 0 radical (unpaired) electrons. The monoisotopic (exact) mass is 315 g/mol. The smallest absolute Gasteiger partial charge is 0.341 e. The number of carbonyl (C=O) groups excluding carboxylic acids is 1. The molecule has 5 atom stereocenters. The fraction of sp³-hybridized carbons (Fsp3) is 0.800. The molecule has 1 unspecified atom stereocenters. The van der Waals surface area contributed by atoms with Crippen molar-refractivity contribution in [3.63, 3.8) is 0 Å². The second kappa shape index (κ2) is 5.90. The van der Waals surface area contributed by atoms with Crippen molar-refractivity contribution in [3.8, 4) is 0 Å². The lowest BCUT2D eigenvalue weighted by atomic mass is 9.85. The van der Waals surface area contributed by atoms with E-state index in [1.165, 1.54) is 6.92 Å². The maximum atomic E-state index is 12.4. The molecular weight excluding hydrogens is 290 g/mol. The van der Waals surface area contributed by atoms with Crippen molar-refractivity contribution < 1.29 is 29.5 Å². The molecule has 3 N–H and O–H groups in total. The second-order valence-electron chi connectivity index (χ2n) is 6.67. The quantitative estimate of drug-likeness (QED) is 0.278. The molecule has 0 saturated carbocycles. The van der Waals surface area contributed by atoms with Gasteiger partial charge >= 0.3 is 5.97 Å². The molecule has 2 heterocycles. The summed E-state index contributed by atoms with van der Waals surface area (Å²) in [6.07, 6.45) is 0.127. The van der Waals surface area contributed by atoms with E-state index >= 15 is 0 Å². The van der Waals surface area contributed by atoms with Crippen LogP contribution >= 0.6 is 0 Å². The number of rotatable bonds is 5. The summed E-state index contributed by atoms with van der Waals surface area (Å²) >= 11 is 0. The first kappa shape index (κ1) is 17.4. The molecule has 7 nitrogen and oxygen atoms in total. The molecule has 0 aromatic rings. The summed E-state index contributed by atoms with van der Waals surface area (Å²) in [4.78, 5) is 12.2. The lowest BCUT2D eigenvalue weighted by Crippen LogP contribution is -2.53. The van der Waals surface area contributed by atoms with E-state index in [4.69, 9.17) is 4.74 Å². The Labute approximate surface area is 130 Å². The minimum atomic E-state index is -1.99. The van der Waals surface area contributed by atoms with Crippen LogP contribution in [0.3, 0.4) is 0 Å². The highest BCUT2D eigenvalue weighted by atomic mass is 16.6. The van der Waals surface area contributed by atoms with Crippen LogP contribution in [0.4, 0.5) is 0 Å². The summed E-state index contributed by atoms with van der Waals surface area (Å²) in [5.41, 5.74) is -1.40. The Kier molecular flexibility index (Phi) is 4.66. The van der Waals surface area contributed by atoms with Gasteiger partial charge < -0.3 is 29.9 Å². The Morgan fingerprint density at radius 3 is 2.73 bits per heavy atom. The molecule has 0 aromatic carbocycles. The fourth-order valence-electron chi connectivity index (χ4n) is 3.41. The van der Waals surface area contributed by atoms with Crippen molar-refractivity contribution in [2.75, 3.05) is 19.7 Å². The lowest BCUT2D eigenvalue weighted by Gasteiger charge is -2.40. The summed E-state index contributed by atoms with van der Waals surface area (Å²) in [5.74, 6) is -1.44. The number of carbonyl (C=O) groups is 1. The van der Waals surface area contributed by atoms with Crippen molar-refractivity contribution in [2.24, 2.45) is 5.92 Å². The highest BCUT2D eigenvalue weighted by molar-refractivity contribution is 5.80. The average molecular weight is 315 g/mol. The first-order valence-corrected chi connectivity index (χ1v) is 7.65. The highest BCUT2D eigenvalue weighted by Crippen LogP contribution is 2.36. The predicted octanol–water partition coefficient (Wildman–Crippen LogP) is -0.315. The maximum absolute atomic E-state index is 12.4. The van der Waals surface area contributed by atoms with E-state index in [2.05, 4.69) is 0 Å². The summed E-state index contributed by atoms with van der Waals surface area (Å²) in [5, 5.41) is 42.4. The molecule has 7 heteroatoms. The first-order chi connectivity index (χ1) is 10.1. The van der Waals surface area contributed by atoms with Gasteiger partial charge in [-0.1, -0.05) is 13.8 Å². The number of aliphatic hydroxyl groups is 3. The Bertz CT molecular complexity index is 467. The van der Waals surface area contributed by atoms with Crippen LogP contribution in [0.2, 0.25) is 0 Å². The van der Waals surface area contributed by atoms with Gasteiger partial charge in [0.1, 0.15) is 18.8 Å². The third kappa shape index (κ3) is 2.68. The normalized spacial score (nSPS) is 35.0. The summed E-state index contributed by atoms with van der Waals surface area (Å²) in [6, 6.07) is -0.591. The van der Waals surface area contributed by atoms with Crippen LogP contribution < -0.4 is 0 Å². The zero-order valence-electron chi connectivity index (χ0n) is 13.2. The second-order valence-corrected chi connectivity index (χ2v) is 6.67. The van der Waals surface area contributed by atoms with Crippen LogP contribution in [0, 0.1) is 11.1 Å². The van der Waals surface area contributed by atoms with Crippen LogP contribution in [0.25, 0.3) is 0 Å². The van der Waals surface area contributed by atoms with E-state index in [0.29, 0.717) is 18.5 Å². The van der Waals surface area contributed by atoms with Gasteiger partial charge in [0.2, 0.25) is 0 Å². The minimum absolute atomic E-state index is 0.148. The van der Waals surface area contributed by atoms with Crippen molar-refractivity contribution in [2.45, 2.75) is 51.0 Å². The molecule has 22 heavy (non-hydrogen) atoms. The van der Waals surface area contributed by atoms with Crippen LogP contribution in [0.5, 0.6) is 0 Å². The van der Waals surface area contributed by atoms with Gasteiger partial charge in [0.05, 0.1) is 19.2 Å². The summed E-state index contributed by atoms with van der Waals surface area (Å²) in [7, 11) is 0. The van der Waals surface area contributed by atoms with E-state index in [1.807, 2.05) is 0 Å². The number of ether oxygens (including phenoxy) is 1. The van der Waals surface area contributed by atoms with Crippen molar-refractivity contribution in [3.05, 3.63) is 16.9 Å². The standard InChI is InChI=1S/C15H25NO6/c1-9(2)15(20,10(3)17)14(19)22-8-11-4-6-16(21)7-5-12(18)13(11)16/h4,9-10,12-13,17-18,20H,5-8H2,1-3H3/t10-,12+,13-,15+,16?/m0/s1. The molecule has 0 aromatic heterocycles. The lowest BCUT2D eigenvalue weighted by molar-refractivity contribution is -0.877. The molecule has 1 saturated heterocycles. The number of quaternary nitrogens is 1. The Morgan fingerprint density at radius 1 is 1.55 bits per heavy atom. The average Bonchev–Trinajstić information content (AvgIpc) is 2.92. The van der Waals surface area contributed by atoms with Crippen molar-refractivity contribution >= 4 is 5.97 Å². The number of esters is 1. The van der Waals surface area contributed by atoms with Gasteiger partial charge in [-0.15, -0.1) is 0 Å². The van der Waals surface area contributed by atoms with Gasteiger partial charge in [-0.3, -0.25) is 0 Å². The zero-order valence-corrected chi connectivity index (χ0v) is 13.2. The van der Waals surface area contributed by atoms with Gasteiger partial charge in [-0.2, -0.15) is 0 Å². The number of hydrogen-bond donors (Lipinski definition) is 3. The van der Waals surface area contributed by atoms with E-state index in [9.17, 15) is 25.3 Å². The van der Waals surface area contributed by atoms with Gasteiger partial charge in [0, 0.05) is 12.0 Å². The SMILES string of the molecule is CC(C)[C@](O)(C(=O)OCC1=CC[N+]2([O-])CC[C@@H](O)[C@H]12)[C@H](C)O. The van der Waals surface area contributed by atoms with Crippen LogP contribution in [0.1, 0.15) is 27.2 Å². The highest BCUT2D eigenvalue weighted by Gasteiger charge is 2.49. The molecular formula is C15H25NO6. The predicted molar refractivity (Wildman–Crippen MR) is 78.3 cm³/mol. The van der Waals surface area contributed by atoms with E-state index in [0.717, 1.165) is 0 Å². The maximum Gasteiger partial charge on any atom is 0.341 e. The molecule has 2 aliphatic heterocycles. The Morgan fingerprint density at radius 2 is 2.18 bits per heavy atom. The molecule has 0 spiro atoms. The third-order valence-electron chi connectivity index (χ3n) is 4.93. The number of hydrogen-bond acceptors (Lipinski definition) is 6. The number of hydroxylamine groups is 3. The molecule has 1 fully saturated rings. The summed E-state index contributed by atoms with van der Waals surface area (Å²) < 4.78 is 4.64. The van der Waals surface area contributed by atoms with Gasteiger partial charge in [0.25, 0.3) is 0 Å². The molecule has 2 aliphatic rings. The van der Waals surface area contributed by atoms with Crippen LogP contribution in [-0.4, -0.2) is 69.5 Å². The Balaban J connectivity index is 2.03. The molecule has 0 bridgehead atoms. The minimum Gasteiger partial charge on any atom is -0.632 e. The van der Waals surface area contributed by atoms with Gasteiger partial charge in [-0.25, -0.2) is 4.79 Å². The molecule has 126 valence electrons. The van der Waals surface area contributed by atoms with Crippen LogP contribution in [-0.2, 0) is 9.53 Å². The number of fused-ring (bicyclic) bond motifs is 1. The molecule has 0 amide bonds. The Hall–Kier alpha value is -0.990. The summed E-state index contributed by atoms with van der Waals surface area (Å²) in [6.45, 7) is 5.02. The van der Waals surface area contributed by atoms with Gasteiger partial charge in [0.15, 0.2) is 5.60 Å². The number of nitrogens with zero attached hydrogens (tertiary/aromatic N) is 1. The van der Waals surface area contributed by atoms with E-state index in [-0.39, 0.29) is 13.2 Å².